The third-order valence-electron chi connectivity index (χ3n) is 4.37. The number of esters is 1. The molecule has 7 heteroatoms. The van der Waals surface area contributed by atoms with Crippen molar-refractivity contribution >= 4 is 17.5 Å². The van der Waals surface area contributed by atoms with Gasteiger partial charge in [-0.05, 0) is 63.4 Å². The molecule has 7 nitrogen and oxygen atoms in total. The van der Waals surface area contributed by atoms with Crippen LogP contribution in [0.25, 0.3) is 5.78 Å². The van der Waals surface area contributed by atoms with Crippen LogP contribution in [0.2, 0.25) is 0 Å². The first-order chi connectivity index (χ1) is 12.3. The minimum absolute atomic E-state index is 0.122. The number of ketones is 1. The summed E-state index contributed by atoms with van der Waals surface area (Å²) in [6.45, 7) is 9.18. The molecule has 0 radical (unpaired) electrons. The summed E-state index contributed by atoms with van der Waals surface area (Å²) < 4.78 is 6.75. The van der Waals surface area contributed by atoms with Crippen molar-refractivity contribution in [3.05, 3.63) is 58.2 Å². The van der Waals surface area contributed by atoms with Gasteiger partial charge in [-0.15, -0.1) is 5.10 Å². The zero-order valence-electron chi connectivity index (χ0n) is 15.4. The van der Waals surface area contributed by atoms with Gasteiger partial charge in [0.05, 0.1) is 0 Å². The predicted octanol–water partition coefficient (Wildman–Crippen LogP) is 2.79. The maximum absolute atomic E-state index is 12.7. The summed E-state index contributed by atoms with van der Waals surface area (Å²) in [4.78, 5) is 33.1. The van der Waals surface area contributed by atoms with E-state index in [1.165, 1.54) is 4.52 Å². The molecular weight excluding hydrogens is 332 g/mol. The molecule has 0 amide bonds. The lowest BCUT2D eigenvalue weighted by Gasteiger charge is -2.14. The van der Waals surface area contributed by atoms with Crippen LogP contribution in [0.1, 0.15) is 50.3 Å². The molecule has 0 aliphatic rings. The molecule has 134 valence electrons. The Morgan fingerprint density at radius 2 is 1.77 bits per heavy atom. The summed E-state index contributed by atoms with van der Waals surface area (Å²) in [7, 11) is 0. The highest BCUT2D eigenvalue weighted by Gasteiger charge is 2.24. The van der Waals surface area contributed by atoms with Gasteiger partial charge in [0.15, 0.2) is 6.10 Å². The summed E-state index contributed by atoms with van der Waals surface area (Å²) >= 11 is 0. The summed E-state index contributed by atoms with van der Waals surface area (Å²) in [5.74, 6) is -0.821. The number of aromatic nitrogens is 4. The van der Waals surface area contributed by atoms with E-state index in [0.29, 0.717) is 11.3 Å². The van der Waals surface area contributed by atoms with Crippen molar-refractivity contribution in [2.75, 3.05) is 0 Å². The smallest absolute Gasteiger partial charge is 0.379 e. The standard InChI is InChI=1S/C19H20N4O3/c1-10-8-12(3)15(9-11(10)2)16(24)14(5)26-18(25)17-21-19-20-7-6-13(4)23(19)22-17/h6-9,14H,1-5H3/t14-/m1/s1. The number of carbonyl (C=O) groups is 2. The van der Waals surface area contributed by atoms with Crippen molar-refractivity contribution in [2.24, 2.45) is 0 Å². The summed E-state index contributed by atoms with van der Waals surface area (Å²) in [5, 5.41) is 4.10. The number of hydrogen-bond acceptors (Lipinski definition) is 6. The topological polar surface area (TPSA) is 86.5 Å². The Kier molecular flexibility index (Phi) is 4.54. The second-order valence-electron chi connectivity index (χ2n) is 6.40. The van der Waals surface area contributed by atoms with E-state index in [1.54, 1.807) is 19.2 Å². The van der Waals surface area contributed by atoms with Gasteiger partial charge in [0, 0.05) is 17.5 Å². The zero-order valence-corrected chi connectivity index (χ0v) is 15.4. The average molecular weight is 352 g/mol. The second-order valence-corrected chi connectivity index (χ2v) is 6.40. The van der Waals surface area contributed by atoms with Gasteiger partial charge in [-0.2, -0.15) is 4.98 Å². The van der Waals surface area contributed by atoms with Gasteiger partial charge >= 0.3 is 5.97 Å². The lowest BCUT2D eigenvalue weighted by Crippen LogP contribution is -2.25. The van der Waals surface area contributed by atoms with Crippen LogP contribution in [-0.2, 0) is 4.74 Å². The number of hydrogen-bond donors (Lipinski definition) is 0. The molecule has 3 rings (SSSR count). The highest BCUT2D eigenvalue weighted by atomic mass is 16.5. The maximum atomic E-state index is 12.7. The van der Waals surface area contributed by atoms with Crippen LogP contribution >= 0.6 is 0 Å². The van der Waals surface area contributed by atoms with Crippen molar-refractivity contribution in [1.29, 1.82) is 0 Å². The van der Waals surface area contributed by atoms with Crippen LogP contribution in [-0.4, -0.2) is 37.4 Å². The van der Waals surface area contributed by atoms with Gasteiger partial charge < -0.3 is 4.74 Å². The minimum Gasteiger partial charge on any atom is -0.448 e. The van der Waals surface area contributed by atoms with Crippen molar-refractivity contribution in [3.63, 3.8) is 0 Å². The molecule has 2 heterocycles. The van der Waals surface area contributed by atoms with Gasteiger partial charge in [-0.1, -0.05) is 6.07 Å². The Hall–Kier alpha value is -3.09. The normalized spacial score (nSPS) is 12.2. The van der Waals surface area contributed by atoms with Crippen LogP contribution in [0, 0.1) is 27.7 Å². The predicted molar refractivity (Wildman–Crippen MR) is 95.4 cm³/mol. The van der Waals surface area contributed by atoms with Crippen LogP contribution in [0.4, 0.5) is 0 Å². The van der Waals surface area contributed by atoms with Crippen LogP contribution < -0.4 is 0 Å². The molecule has 1 aromatic carbocycles. The fraction of sp³-hybridized carbons (Fsp3) is 0.316. The average Bonchev–Trinajstić information content (AvgIpc) is 3.03. The lowest BCUT2D eigenvalue weighted by atomic mass is 9.96. The Balaban J connectivity index is 1.81. The van der Waals surface area contributed by atoms with E-state index < -0.39 is 12.1 Å². The quantitative estimate of drug-likeness (QED) is 0.530. The largest absolute Gasteiger partial charge is 0.448 e. The number of benzene rings is 1. The number of rotatable bonds is 4. The third-order valence-corrected chi connectivity index (χ3v) is 4.37. The molecule has 0 bridgehead atoms. The Bertz CT molecular complexity index is 1020. The first-order valence-electron chi connectivity index (χ1n) is 8.29. The number of aryl methyl sites for hydroxylation is 4. The molecule has 2 aromatic heterocycles. The molecule has 0 aliphatic heterocycles. The molecular formula is C19H20N4O3. The maximum Gasteiger partial charge on any atom is 0.379 e. The summed E-state index contributed by atoms with van der Waals surface area (Å²) in [6.07, 6.45) is 0.646. The number of ether oxygens (including phenoxy) is 1. The molecule has 1 atom stereocenters. The van der Waals surface area contributed by atoms with E-state index in [4.69, 9.17) is 4.74 Å². The third kappa shape index (κ3) is 3.20. The van der Waals surface area contributed by atoms with E-state index >= 15 is 0 Å². The van der Waals surface area contributed by atoms with Gasteiger partial charge in [-0.3, -0.25) is 4.79 Å². The Labute approximate surface area is 151 Å². The van der Waals surface area contributed by atoms with Crippen LogP contribution in [0.3, 0.4) is 0 Å². The van der Waals surface area contributed by atoms with Crippen molar-refractivity contribution in [2.45, 2.75) is 40.7 Å². The Morgan fingerprint density at radius 1 is 1.08 bits per heavy atom. The Morgan fingerprint density at radius 3 is 2.46 bits per heavy atom. The number of carbonyl (C=O) groups excluding carboxylic acids is 2. The van der Waals surface area contributed by atoms with Crippen molar-refractivity contribution in [1.82, 2.24) is 19.6 Å². The van der Waals surface area contributed by atoms with E-state index in [0.717, 1.165) is 22.4 Å². The first-order valence-corrected chi connectivity index (χ1v) is 8.29. The molecule has 0 aliphatic carbocycles. The molecule has 0 saturated carbocycles. The molecule has 3 aromatic rings. The van der Waals surface area contributed by atoms with E-state index in [2.05, 4.69) is 15.1 Å². The number of fused-ring (bicyclic) bond motifs is 1. The minimum atomic E-state index is -0.941. The van der Waals surface area contributed by atoms with Gasteiger partial charge in [0.1, 0.15) is 0 Å². The molecule has 0 fully saturated rings. The molecule has 26 heavy (non-hydrogen) atoms. The van der Waals surface area contributed by atoms with Crippen LogP contribution in [0.15, 0.2) is 24.4 Å². The second kappa shape index (κ2) is 6.67. The van der Waals surface area contributed by atoms with Crippen molar-refractivity contribution < 1.29 is 14.3 Å². The molecule has 0 saturated heterocycles. The molecule has 0 N–H and O–H groups in total. The molecule has 0 spiro atoms. The van der Waals surface area contributed by atoms with E-state index in [9.17, 15) is 9.59 Å². The number of Topliss-reactive ketones (excluding diaryl/α,β-unsaturated/α-hetero) is 1. The van der Waals surface area contributed by atoms with Gasteiger partial charge in [0.2, 0.25) is 5.78 Å². The highest BCUT2D eigenvalue weighted by Crippen LogP contribution is 2.18. The van der Waals surface area contributed by atoms with E-state index in [-0.39, 0.29) is 11.6 Å². The fourth-order valence-electron chi connectivity index (χ4n) is 2.70. The fourth-order valence-corrected chi connectivity index (χ4v) is 2.70. The zero-order chi connectivity index (χ0) is 19.0. The van der Waals surface area contributed by atoms with E-state index in [1.807, 2.05) is 39.8 Å². The highest BCUT2D eigenvalue weighted by molar-refractivity contribution is 6.02. The monoisotopic (exact) mass is 352 g/mol. The summed E-state index contributed by atoms with van der Waals surface area (Å²) in [5.41, 5.74) is 4.32. The SMILES string of the molecule is Cc1cc(C)c(C(=O)[C@@H](C)OC(=O)c2nc3nccc(C)n3n2)cc1C. The van der Waals surface area contributed by atoms with Gasteiger partial charge in [-0.25, -0.2) is 14.3 Å². The summed E-state index contributed by atoms with van der Waals surface area (Å²) in [6, 6.07) is 5.54. The van der Waals surface area contributed by atoms with Gasteiger partial charge in [0.25, 0.3) is 11.6 Å². The first kappa shape index (κ1) is 17.7. The van der Waals surface area contributed by atoms with Crippen molar-refractivity contribution in [3.8, 4) is 0 Å². The molecule has 0 unspecified atom stereocenters. The number of nitrogens with zero attached hydrogens (tertiary/aromatic N) is 4. The lowest BCUT2D eigenvalue weighted by molar-refractivity contribution is 0.0307. The van der Waals surface area contributed by atoms with Crippen LogP contribution in [0.5, 0.6) is 0 Å².